The predicted molar refractivity (Wildman–Crippen MR) is 111 cm³/mol. The van der Waals surface area contributed by atoms with Crippen LogP contribution in [0.15, 0.2) is 39.9 Å². The third kappa shape index (κ3) is 3.71. The van der Waals surface area contributed by atoms with Gasteiger partial charge in [-0.05, 0) is 30.7 Å². The second-order valence-corrected chi connectivity index (χ2v) is 6.84. The van der Waals surface area contributed by atoms with E-state index in [1.165, 1.54) is 24.6 Å². The maximum Gasteiger partial charge on any atom is 0.332 e. The molecule has 0 saturated carbocycles. The molecule has 0 radical (unpaired) electrons. The molecule has 0 fully saturated rings. The van der Waals surface area contributed by atoms with Crippen molar-refractivity contribution in [3.8, 4) is 0 Å². The number of aromatic nitrogens is 3. The highest BCUT2D eigenvalue weighted by molar-refractivity contribution is 6.06. The fourth-order valence-electron chi connectivity index (χ4n) is 3.35. The predicted octanol–water partition coefficient (Wildman–Crippen LogP) is 1.66. The average Bonchev–Trinajstić information content (AvgIpc) is 3.04. The third-order valence-electron chi connectivity index (χ3n) is 4.62. The van der Waals surface area contributed by atoms with E-state index in [0.29, 0.717) is 35.4 Å². The monoisotopic (exact) mass is 397 g/mol. The van der Waals surface area contributed by atoms with Gasteiger partial charge in [0.05, 0.1) is 5.39 Å². The fourth-order valence-corrected chi connectivity index (χ4v) is 3.35. The molecule has 2 N–H and O–H groups in total. The summed E-state index contributed by atoms with van der Waals surface area (Å²) in [4.78, 5) is 49.1. The summed E-state index contributed by atoms with van der Waals surface area (Å²) in [7, 11) is 2.99. The highest BCUT2D eigenvalue weighted by atomic mass is 16.2. The lowest BCUT2D eigenvalue weighted by molar-refractivity contribution is -0.114. The van der Waals surface area contributed by atoms with Crippen LogP contribution in [-0.4, -0.2) is 25.5 Å². The largest absolute Gasteiger partial charge is 0.332 e. The second-order valence-electron chi connectivity index (χ2n) is 6.84. The molecule has 3 aromatic rings. The molecule has 2 aromatic heterocycles. The zero-order valence-corrected chi connectivity index (χ0v) is 16.8. The Bertz CT molecular complexity index is 1230. The number of amides is 2. The smallest absolute Gasteiger partial charge is 0.326 e. The lowest BCUT2D eigenvalue weighted by Gasteiger charge is -2.12. The minimum atomic E-state index is -0.451. The Balaban J connectivity index is 2.08. The molecule has 0 aliphatic carbocycles. The molecule has 0 aliphatic rings. The van der Waals surface area contributed by atoms with E-state index in [1.807, 2.05) is 6.92 Å². The van der Waals surface area contributed by atoms with Crippen LogP contribution in [0, 0.1) is 0 Å². The van der Waals surface area contributed by atoms with Crippen LogP contribution in [0.3, 0.4) is 0 Å². The molecule has 2 heterocycles. The number of carbonyl (C=O) groups is 2. The SMILES string of the molecule is CCCn1c(C(=O)Nc2cccc(NC(C)=O)c2)cc2c(=O)n(C)c(=O)n(C)c21. The van der Waals surface area contributed by atoms with E-state index in [4.69, 9.17) is 0 Å². The Hall–Kier alpha value is -3.62. The van der Waals surface area contributed by atoms with Gasteiger partial charge in [0.25, 0.3) is 11.5 Å². The van der Waals surface area contributed by atoms with Crippen LogP contribution in [0.2, 0.25) is 0 Å². The number of benzene rings is 1. The summed E-state index contributed by atoms with van der Waals surface area (Å²) in [6.07, 6.45) is 0.714. The van der Waals surface area contributed by atoms with Crippen LogP contribution in [0.1, 0.15) is 30.8 Å². The summed E-state index contributed by atoms with van der Waals surface area (Å²) in [5, 5.41) is 5.76. The summed E-state index contributed by atoms with van der Waals surface area (Å²) < 4.78 is 4.09. The van der Waals surface area contributed by atoms with Gasteiger partial charge >= 0.3 is 5.69 Å². The summed E-state index contributed by atoms with van der Waals surface area (Å²) in [6.45, 7) is 3.82. The number of nitrogens with one attached hydrogen (secondary N) is 2. The van der Waals surface area contributed by atoms with Crippen molar-refractivity contribution in [2.24, 2.45) is 14.1 Å². The molecule has 1 aromatic carbocycles. The standard InChI is InChI=1S/C20H23N5O4/c1-5-9-25-16(11-15-18(25)23(3)20(29)24(4)19(15)28)17(27)22-14-8-6-7-13(10-14)21-12(2)26/h6-8,10-11H,5,9H2,1-4H3,(H,21,26)(H,22,27). The molecular formula is C20H23N5O4. The van der Waals surface area contributed by atoms with E-state index >= 15 is 0 Å². The van der Waals surface area contributed by atoms with Crippen molar-refractivity contribution in [1.29, 1.82) is 0 Å². The Morgan fingerprint density at radius 2 is 1.66 bits per heavy atom. The molecule has 152 valence electrons. The van der Waals surface area contributed by atoms with Crippen LogP contribution in [-0.2, 0) is 25.4 Å². The van der Waals surface area contributed by atoms with Crippen molar-refractivity contribution in [2.45, 2.75) is 26.8 Å². The molecule has 0 spiro atoms. The summed E-state index contributed by atoms with van der Waals surface area (Å²) in [5.41, 5.74) is 0.853. The molecule has 0 saturated heterocycles. The lowest BCUT2D eigenvalue weighted by Crippen LogP contribution is -2.37. The van der Waals surface area contributed by atoms with Crippen molar-refractivity contribution in [2.75, 3.05) is 10.6 Å². The molecule has 29 heavy (non-hydrogen) atoms. The molecule has 0 atom stereocenters. The number of hydrogen-bond acceptors (Lipinski definition) is 4. The van der Waals surface area contributed by atoms with E-state index in [1.54, 1.807) is 35.9 Å². The van der Waals surface area contributed by atoms with Crippen LogP contribution in [0.25, 0.3) is 11.0 Å². The van der Waals surface area contributed by atoms with Crippen LogP contribution < -0.4 is 21.9 Å². The van der Waals surface area contributed by atoms with E-state index in [9.17, 15) is 19.2 Å². The zero-order chi connectivity index (χ0) is 21.3. The van der Waals surface area contributed by atoms with Crippen molar-refractivity contribution >= 4 is 34.2 Å². The fraction of sp³-hybridized carbons (Fsp3) is 0.300. The Morgan fingerprint density at radius 3 is 2.28 bits per heavy atom. The number of carbonyl (C=O) groups excluding carboxylic acids is 2. The molecular weight excluding hydrogens is 374 g/mol. The van der Waals surface area contributed by atoms with E-state index in [-0.39, 0.29) is 11.6 Å². The lowest BCUT2D eigenvalue weighted by atomic mass is 10.2. The number of aryl methyl sites for hydroxylation is 2. The molecule has 0 bridgehead atoms. The molecule has 0 unspecified atom stereocenters. The highest BCUT2D eigenvalue weighted by Crippen LogP contribution is 2.20. The van der Waals surface area contributed by atoms with Gasteiger partial charge in [0, 0.05) is 38.9 Å². The highest BCUT2D eigenvalue weighted by Gasteiger charge is 2.21. The first kappa shape index (κ1) is 20.1. The summed E-state index contributed by atoms with van der Waals surface area (Å²) in [5.74, 6) is -0.627. The van der Waals surface area contributed by atoms with Crippen LogP contribution in [0.4, 0.5) is 11.4 Å². The Labute approximate surface area is 166 Å². The van der Waals surface area contributed by atoms with Gasteiger partial charge in [-0.15, -0.1) is 0 Å². The first-order chi connectivity index (χ1) is 13.7. The first-order valence-electron chi connectivity index (χ1n) is 9.22. The maximum atomic E-state index is 13.0. The zero-order valence-electron chi connectivity index (χ0n) is 16.8. The van der Waals surface area contributed by atoms with Gasteiger partial charge in [-0.25, -0.2) is 4.79 Å². The van der Waals surface area contributed by atoms with E-state index in [2.05, 4.69) is 10.6 Å². The summed E-state index contributed by atoms with van der Waals surface area (Å²) >= 11 is 0. The molecule has 3 rings (SSSR count). The summed E-state index contributed by atoms with van der Waals surface area (Å²) in [6, 6.07) is 8.28. The average molecular weight is 397 g/mol. The van der Waals surface area contributed by atoms with Crippen molar-refractivity contribution in [1.82, 2.24) is 13.7 Å². The number of rotatable bonds is 5. The van der Waals surface area contributed by atoms with E-state index in [0.717, 1.165) is 4.57 Å². The van der Waals surface area contributed by atoms with Gasteiger partial charge < -0.3 is 15.2 Å². The minimum absolute atomic E-state index is 0.215. The van der Waals surface area contributed by atoms with Crippen molar-refractivity contribution in [3.05, 3.63) is 56.9 Å². The first-order valence-corrected chi connectivity index (χ1v) is 9.22. The number of hydrogen-bond donors (Lipinski definition) is 2. The number of anilines is 2. The van der Waals surface area contributed by atoms with Gasteiger partial charge in [0.15, 0.2) is 0 Å². The normalized spacial score (nSPS) is 10.9. The van der Waals surface area contributed by atoms with Crippen molar-refractivity contribution < 1.29 is 9.59 Å². The third-order valence-corrected chi connectivity index (χ3v) is 4.62. The van der Waals surface area contributed by atoms with Crippen LogP contribution in [0.5, 0.6) is 0 Å². The molecule has 9 nitrogen and oxygen atoms in total. The number of fused-ring (bicyclic) bond motifs is 1. The molecule has 0 aliphatic heterocycles. The quantitative estimate of drug-likeness (QED) is 0.683. The van der Waals surface area contributed by atoms with Crippen LogP contribution >= 0.6 is 0 Å². The minimum Gasteiger partial charge on any atom is -0.326 e. The van der Waals surface area contributed by atoms with Gasteiger partial charge in [0.1, 0.15) is 11.3 Å². The van der Waals surface area contributed by atoms with Gasteiger partial charge in [-0.3, -0.25) is 23.5 Å². The molecule has 2 amide bonds. The van der Waals surface area contributed by atoms with Crippen molar-refractivity contribution in [3.63, 3.8) is 0 Å². The topological polar surface area (TPSA) is 107 Å². The molecule has 9 heteroatoms. The number of nitrogens with zero attached hydrogens (tertiary/aromatic N) is 3. The van der Waals surface area contributed by atoms with Gasteiger partial charge in [0.2, 0.25) is 5.91 Å². The van der Waals surface area contributed by atoms with E-state index < -0.39 is 17.2 Å². The Morgan fingerprint density at radius 1 is 1.00 bits per heavy atom. The van der Waals surface area contributed by atoms with Gasteiger partial charge in [-0.2, -0.15) is 0 Å². The second kappa shape index (κ2) is 7.78. The maximum absolute atomic E-state index is 13.0. The Kier molecular flexibility index (Phi) is 5.40. The van der Waals surface area contributed by atoms with Gasteiger partial charge in [-0.1, -0.05) is 13.0 Å².